The van der Waals surface area contributed by atoms with Crippen LogP contribution in [-0.2, 0) is 14.9 Å². The van der Waals surface area contributed by atoms with Crippen molar-refractivity contribution >= 4 is 16.7 Å². The minimum absolute atomic E-state index is 0.0405. The van der Waals surface area contributed by atoms with E-state index < -0.39 is 11.5 Å². The fourth-order valence-electron chi connectivity index (χ4n) is 4.13. The molecule has 2 N–H and O–H groups in total. The number of hydrogen-bond donors (Lipinski definition) is 2. The Labute approximate surface area is 165 Å². The molecule has 3 aromatic rings. The van der Waals surface area contributed by atoms with E-state index in [0.29, 0.717) is 26.1 Å². The number of carbonyl (C=O) groups excluding carboxylic acids is 1. The van der Waals surface area contributed by atoms with Crippen LogP contribution in [0.25, 0.3) is 10.8 Å². The van der Waals surface area contributed by atoms with Gasteiger partial charge in [0.2, 0.25) is 5.91 Å². The molecule has 0 radical (unpaired) electrons. The fourth-order valence-corrected chi connectivity index (χ4v) is 4.13. The lowest BCUT2D eigenvalue weighted by molar-refractivity contribution is -0.131. The number of fused-ring (bicyclic) bond motifs is 1. The summed E-state index contributed by atoms with van der Waals surface area (Å²) in [6.45, 7) is 1.31. The van der Waals surface area contributed by atoms with Crippen LogP contribution >= 0.6 is 0 Å². The number of nitrogens with one attached hydrogen (secondary N) is 1. The maximum Gasteiger partial charge on any atom is 0.230 e. The van der Waals surface area contributed by atoms with Crippen LogP contribution < -0.4 is 5.32 Å². The van der Waals surface area contributed by atoms with Crippen LogP contribution in [0.1, 0.15) is 30.1 Å². The van der Waals surface area contributed by atoms with Crippen LogP contribution in [0.15, 0.2) is 72.8 Å². The molecule has 0 bridgehead atoms. The third-order valence-corrected chi connectivity index (χ3v) is 5.75. The monoisotopic (exact) mass is 375 g/mol. The van der Waals surface area contributed by atoms with Gasteiger partial charge in [0.15, 0.2) is 0 Å². The van der Waals surface area contributed by atoms with Gasteiger partial charge in [-0.25, -0.2) is 0 Å². The van der Waals surface area contributed by atoms with E-state index in [2.05, 4.69) is 5.32 Å². The zero-order chi connectivity index (χ0) is 19.4. The predicted octanol–water partition coefficient (Wildman–Crippen LogP) is 3.74. The second kappa shape index (κ2) is 8.13. The summed E-state index contributed by atoms with van der Waals surface area (Å²) in [5, 5.41) is 15.9. The first-order valence-corrected chi connectivity index (χ1v) is 9.78. The lowest BCUT2D eigenvalue weighted by Gasteiger charge is -2.36. The van der Waals surface area contributed by atoms with E-state index in [1.165, 1.54) is 0 Å². The van der Waals surface area contributed by atoms with E-state index in [4.69, 9.17) is 4.74 Å². The molecular weight excluding hydrogens is 350 g/mol. The molecule has 28 heavy (non-hydrogen) atoms. The maximum atomic E-state index is 13.2. The Kier molecular flexibility index (Phi) is 5.42. The van der Waals surface area contributed by atoms with Crippen molar-refractivity contribution in [3.63, 3.8) is 0 Å². The van der Waals surface area contributed by atoms with Gasteiger partial charge in [-0.1, -0.05) is 72.8 Å². The van der Waals surface area contributed by atoms with E-state index in [0.717, 1.165) is 21.9 Å². The van der Waals surface area contributed by atoms with Crippen molar-refractivity contribution in [3.8, 4) is 0 Å². The van der Waals surface area contributed by atoms with Crippen molar-refractivity contribution in [2.24, 2.45) is 0 Å². The lowest BCUT2D eigenvalue weighted by atomic mass is 9.73. The molecule has 1 heterocycles. The number of benzene rings is 3. The Morgan fingerprint density at radius 1 is 0.964 bits per heavy atom. The number of aliphatic hydroxyl groups is 1. The molecule has 1 saturated heterocycles. The number of hydrogen-bond acceptors (Lipinski definition) is 3. The molecule has 4 rings (SSSR count). The third kappa shape index (κ3) is 3.53. The van der Waals surface area contributed by atoms with Gasteiger partial charge in [0.25, 0.3) is 0 Å². The summed E-state index contributed by atoms with van der Waals surface area (Å²) >= 11 is 0. The van der Waals surface area contributed by atoms with Gasteiger partial charge in [-0.3, -0.25) is 4.79 Å². The molecule has 3 aromatic carbocycles. The molecule has 0 aromatic heterocycles. The average Bonchev–Trinajstić information content (AvgIpc) is 2.78. The van der Waals surface area contributed by atoms with Crippen molar-refractivity contribution in [1.82, 2.24) is 5.32 Å². The molecule has 1 atom stereocenters. The summed E-state index contributed by atoms with van der Waals surface area (Å²) in [5.41, 5.74) is 1.24. The van der Waals surface area contributed by atoms with E-state index >= 15 is 0 Å². The molecule has 0 spiro atoms. The summed E-state index contributed by atoms with van der Waals surface area (Å²) in [5.74, 6) is -0.0405. The highest BCUT2D eigenvalue weighted by Gasteiger charge is 2.41. The van der Waals surface area contributed by atoms with Crippen molar-refractivity contribution in [3.05, 3.63) is 83.9 Å². The van der Waals surface area contributed by atoms with Crippen LogP contribution in [0.4, 0.5) is 0 Å². The van der Waals surface area contributed by atoms with Crippen molar-refractivity contribution in [2.45, 2.75) is 24.4 Å². The molecule has 1 aliphatic heterocycles. The standard InChI is InChI=1S/C24H25NO3/c26-22(21-12-6-8-18-7-4-5-11-20(18)21)17-25-23(27)24(13-15-28-16-14-24)19-9-2-1-3-10-19/h1-12,22,26H,13-17H2,(H,25,27). The molecule has 1 amide bonds. The molecular formula is C24H25NO3. The predicted molar refractivity (Wildman–Crippen MR) is 110 cm³/mol. The van der Waals surface area contributed by atoms with Crippen LogP contribution in [0.5, 0.6) is 0 Å². The molecule has 1 unspecified atom stereocenters. The minimum atomic E-state index is -0.761. The second-order valence-electron chi connectivity index (χ2n) is 7.35. The van der Waals surface area contributed by atoms with Crippen LogP contribution in [0.2, 0.25) is 0 Å². The second-order valence-corrected chi connectivity index (χ2v) is 7.35. The van der Waals surface area contributed by atoms with Crippen molar-refractivity contribution in [2.75, 3.05) is 19.8 Å². The first kappa shape index (κ1) is 18.7. The highest BCUT2D eigenvalue weighted by atomic mass is 16.5. The maximum absolute atomic E-state index is 13.2. The Hall–Kier alpha value is -2.69. The van der Waals surface area contributed by atoms with Gasteiger partial charge in [-0.2, -0.15) is 0 Å². The smallest absolute Gasteiger partial charge is 0.230 e. The number of aliphatic hydroxyl groups excluding tert-OH is 1. The van der Waals surface area contributed by atoms with E-state index in [9.17, 15) is 9.90 Å². The minimum Gasteiger partial charge on any atom is -0.387 e. The topological polar surface area (TPSA) is 58.6 Å². The first-order chi connectivity index (χ1) is 13.7. The zero-order valence-corrected chi connectivity index (χ0v) is 15.8. The van der Waals surface area contributed by atoms with Gasteiger partial charge in [-0.15, -0.1) is 0 Å². The molecule has 4 nitrogen and oxygen atoms in total. The van der Waals surface area contributed by atoms with Crippen LogP contribution in [0, 0.1) is 0 Å². The van der Waals surface area contributed by atoms with Gasteiger partial charge in [0.1, 0.15) is 0 Å². The van der Waals surface area contributed by atoms with E-state index in [-0.39, 0.29) is 12.5 Å². The van der Waals surface area contributed by atoms with Crippen molar-refractivity contribution in [1.29, 1.82) is 0 Å². The van der Waals surface area contributed by atoms with Gasteiger partial charge >= 0.3 is 0 Å². The third-order valence-electron chi connectivity index (χ3n) is 5.75. The SMILES string of the molecule is O=C(NCC(O)c1cccc2ccccc12)C1(c2ccccc2)CCOCC1. The molecule has 144 valence electrons. The summed E-state index contributed by atoms with van der Waals surface area (Å²) in [6.07, 6.45) is 0.531. The Balaban J connectivity index is 1.53. The lowest BCUT2D eigenvalue weighted by Crippen LogP contribution is -2.48. The highest BCUT2D eigenvalue weighted by molar-refractivity contribution is 5.89. The summed E-state index contributed by atoms with van der Waals surface area (Å²) in [7, 11) is 0. The van der Waals surface area contributed by atoms with Gasteiger partial charge in [-0.05, 0) is 34.7 Å². The highest BCUT2D eigenvalue weighted by Crippen LogP contribution is 2.35. The first-order valence-electron chi connectivity index (χ1n) is 9.78. The van der Waals surface area contributed by atoms with Gasteiger partial charge < -0.3 is 15.2 Å². The summed E-state index contributed by atoms with van der Waals surface area (Å²) in [4.78, 5) is 13.2. The van der Waals surface area contributed by atoms with Crippen LogP contribution in [0.3, 0.4) is 0 Å². The van der Waals surface area contributed by atoms with E-state index in [1.54, 1.807) is 0 Å². The molecule has 1 fully saturated rings. The molecule has 4 heteroatoms. The van der Waals surface area contributed by atoms with Gasteiger partial charge in [0, 0.05) is 19.8 Å². The molecule has 0 saturated carbocycles. The zero-order valence-electron chi connectivity index (χ0n) is 15.8. The average molecular weight is 375 g/mol. The number of amides is 1. The van der Waals surface area contributed by atoms with Gasteiger partial charge in [0.05, 0.1) is 11.5 Å². The normalized spacial score (nSPS) is 17.2. The molecule has 0 aliphatic carbocycles. The summed E-state index contributed by atoms with van der Waals surface area (Å²) < 4.78 is 5.51. The Bertz CT molecular complexity index is 943. The quantitative estimate of drug-likeness (QED) is 0.714. The van der Waals surface area contributed by atoms with E-state index in [1.807, 2.05) is 72.8 Å². The van der Waals surface area contributed by atoms with Crippen molar-refractivity contribution < 1.29 is 14.6 Å². The fraction of sp³-hybridized carbons (Fsp3) is 0.292. The number of ether oxygens (including phenoxy) is 1. The Morgan fingerprint density at radius 3 is 2.43 bits per heavy atom. The summed E-state index contributed by atoms with van der Waals surface area (Å²) in [6, 6.07) is 23.7. The van der Waals surface area contributed by atoms with Crippen LogP contribution in [-0.4, -0.2) is 30.8 Å². The number of carbonyl (C=O) groups is 1. The number of rotatable bonds is 5. The Morgan fingerprint density at radius 2 is 1.64 bits per heavy atom. The molecule has 1 aliphatic rings. The largest absolute Gasteiger partial charge is 0.387 e.